The lowest BCUT2D eigenvalue weighted by Crippen LogP contribution is -2.14. The fourth-order valence-electron chi connectivity index (χ4n) is 1.86. The molecule has 0 saturated carbocycles. The van der Waals surface area contributed by atoms with Gasteiger partial charge in [0.25, 0.3) is 0 Å². The Morgan fingerprint density at radius 2 is 1.96 bits per heavy atom. The van der Waals surface area contributed by atoms with Gasteiger partial charge in [-0.25, -0.2) is 9.97 Å². The Balaban J connectivity index is 1.93. The molecule has 1 aromatic heterocycles. The summed E-state index contributed by atoms with van der Waals surface area (Å²) in [5, 5.41) is 3.12. The number of amides is 1. The molecule has 128 valence electrons. The lowest BCUT2D eigenvalue weighted by molar-refractivity contribution is -0.113. The maximum atomic E-state index is 12.2. The first-order chi connectivity index (χ1) is 11.3. The fraction of sp³-hybridized carbons (Fsp3) is 0.267. The average Bonchev–Trinajstić information content (AvgIpc) is 2.47. The second kappa shape index (κ2) is 8.25. The molecule has 24 heavy (non-hydrogen) atoms. The number of nitrogens with zero attached hydrogens (tertiary/aromatic N) is 2. The number of nitrogens with one attached hydrogen (secondary N) is 1. The molecular weight excluding hydrogens is 360 g/mol. The molecule has 0 aliphatic carbocycles. The van der Waals surface area contributed by atoms with E-state index in [1.165, 1.54) is 30.0 Å². The summed E-state index contributed by atoms with van der Waals surface area (Å²) in [6.07, 6.45) is 0. The molecule has 1 amide bonds. The minimum absolute atomic E-state index is 0.0154. The number of hydrogen-bond acceptors (Lipinski definition) is 5. The maximum Gasteiger partial charge on any atom is 0.387 e. The third-order valence-corrected chi connectivity index (χ3v) is 3.87. The first-order valence-corrected chi connectivity index (χ1v) is 8.19. The number of aryl methyl sites for hydroxylation is 2. The minimum atomic E-state index is -2.96. The Morgan fingerprint density at radius 1 is 1.29 bits per heavy atom. The van der Waals surface area contributed by atoms with E-state index < -0.39 is 6.61 Å². The number of benzene rings is 1. The molecule has 0 aliphatic heterocycles. The van der Waals surface area contributed by atoms with Crippen molar-refractivity contribution < 1.29 is 18.3 Å². The van der Waals surface area contributed by atoms with Gasteiger partial charge in [-0.3, -0.25) is 4.79 Å². The topological polar surface area (TPSA) is 64.1 Å². The molecule has 1 aromatic carbocycles. The summed E-state index contributed by atoms with van der Waals surface area (Å²) in [4.78, 5) is 20.4. The maximum absolute atomic E-state index is 12.2. The van der Waals surface area contributed by atoms with E-state index in [0.29, 0.717) is 10.8 Å². The zero-order valence-corrected chi connectivity index (χ0v) is 14.4. The predicted molar refractivity (Wildman–Crippen MR) is 88.9 cm³/mol. The van der Waals surface area contributed by atoms with Crippen LogP contribution in [0.3, 0.4) is 0 Å². The van der Waals surface area contributed by atoms with E-state index in [1.807, 2.05) is 19.9 Å². The van der Waals surface area contributed by atoms with Crippen molar-refractivity contribution in [1.29, 1.82) is 0 Å². The standard InChI is InChI=1S/C15H14ClF2N3O2S/c1-8-5-9(2)20-15(19-8)24-7-13(22)21-10-3-4-12(11(16)6-10)23-14(17)18/h3-6,14H,7H2,1-2H3,(H,21,22). The molecule has 0 bridgehead atoms. The molecule has 0 aliphatic rings. The van der Waals surface area contributed by atoms with Crippen LogP contribution in [0, 0.1) is 13.8 Å². The smallest absolute Gasteiger partial charge is 0.387 e. The molecular formula is C15H14ClF2N3O2S. The highest BCUT2D eigenvalue weighted by Crippen LogP contribution is 2.29. The number of ether oxygens (including phenoxy) is 1. The van der Waals surface area contributed by atoms with Gasteiger partial charge in [-0.05, 0) is 38.1 Å². The van der Waals surface area contributed by atoms with Crippen molar-refractivity contribution in [3.63, 3.8) is 0 Å². The summed E-state index contributed by atoms with van der Waals surface area (Å²) in [5.41, 5.74) is 2.03. The van der Waals surface area contributed by atoms with Crippen LogP contribution in [0.25, 0.3) is 0 Å². The van der Waals surface area contributed by atoms with Gasteiger partial charge in [-0.2, -0.15) is 8.78 Å². The van der Waals surface area contributed by atoms with Gasteiger partial charge in [-0.15, -0.1) is 0 Å². The third-order valence-electron chi connectivity index (χ3n) is 2.73. The number of aromatic nitrogens is 2. The van der Waals surface area contributed by atoms with Gasteiger partial charge < -0.3 is 10.1 Å². The van der Waals surface area contributed by atoms with Gasteiger partial charge in [-0.1, -0.05) is 23.4 Å². The van der Waals surface area contributed by atoms with Gasteiger partial charge in [0, 0.05) is 17.1 Å². The van der Waals surface area contributed by atoms with Crippen LogP contribution in [0.1, 0.15) is 11.4 Å². The molecule has 1 N–H and O–H groups in total. The highest BCUT2D eigenvalue weighted by molar-refractivity contribution is 7.99. The van der Waals surface area contributed by atoms with Crippen LogP contribution in [0.5, 0.6) is 5.75 Å². The normalized spacial score (nSPS) is 10.8. The van der Waals surface area contributed by atoms with E-state index in [2.05, 4.69) is 20.0 Å². The second-order valence-corrected chi connectivity index (χ2v) is 6.14. The number of thioether (sulfide) groups is 1. The Kier molecular flexibility index (Phi) is 6.33. The summed E-state index contributed by atoms with van der Waals surface area (Å²) < 4.78 is 28.6. The van der Waals surface area contributed by atoms with Crippen LogP contribution < -0.4 is 10.1 Å². The Labute approximate surface area is 146 Å². The fourth-order valence-corrected chi connectivity index (χ4v) is 2.83. The first-order valence-electron chi connectivity index (χ1n) is 6.83. The van der Waals surface area contributed by atoms with E-state index in [9.17, 15) is 13.6 Å². The first kappa shape index (κ1) is 18.4. The van der Waals surface area contributed by atoms with E-state index in [-0.39, 0.29) is 22.4 Å². The van der Waals surface area contributed by atoms with Crippen LogP contribution in [0.2, 0.25) is 5.02 Å². The van der Waals surface area contributed by atoms with Gasteiger partial charge in [0.1, 0.15) is 5.75 Å². The summed E-state index contributed by atoms with van der Waals surface area (Å²) in [6, 6.07) is 5.88. The number of carbonyl (C=O) groups is 1. The number of halogens is 3. The second-order valence-electron chi connectivity index (χ2n) is 4.79. The van der Waals surface area contributed by atoms with E-state index in [4.69, 9.17) is 11.6 Å². The Morgan fingerprint density at radius 3 is 2.54 bits per heavy atom. The predicted octanol–water partition coefficient (Wildman–Crippen LogP) is 4.08. The highest BCUT2D eigenvalue weighted by atomic mass is 35.5. The highest BCUT2D eigenvalue weighted by Gasteiger charge is 2.11. The van der Waals surface area contributed by atoms with Crippen LogP contribution in [-0.4, -0.2) is 28.2 Å². The van der Waals surface area contributed by atoms with Gasteiger partial charge in [0.15, 0.2) is 5.16 Å². The van der Waals surface area contributed by atoms with Crippen molar-refractivity contribution in [2.75, 3.05) is 11.1 Å². The summed E-state index contributed by atoms with van der Waals surface area (Å²) in [5.74, 6) is -0.334. The molecule has 5 nitrogen and oxygen atoms in total. The molecule has 0 fully saturated rings. The monoisotopic (exact) mass is 373 g/mol. The van der Waals surface area contributed by atoms with Crippen molar-refractivity contribution in [3.05, 3.63) is 40.7 Å². The zero-order chi connectivity index (χ0) is 17.7. The molecule has 2 rings (SSSR count). The quantitative estimate of drug-likeness (QED) is 0.610. The Bertz CT molecular complexity index is 726. The molecule has 9 heteroatoms. The van der Waals surface area contributed by atoms with Crippen molar-refractivity contribution in [3.8, 4) is 5.75 Å². The largest absolute Gasteiger partial charge is 0.433 e. The van der Waals surface area contributed by atoms with Crippen molar-refractivity contribution >= 4 is 35.0 Å². The van der Waals surface area contributed by atoms with Crippen LogP contribution in [-0.2, 0) is 4.79 Å². The van der Waals surface area contributed by atoms with E-state index >= 15 is 0 Å². The van der Waals surface area contributed by atoms with E-state index in [1.54, 1.807) is 0 Å². The number of rotatable bonds is 6. The summed E-state index contributed by atoms with van der Waals surface area (Å²) in [7, 11) is 0. The van der Waals surface area contributed by atoms with Crippen molar-refractivity contribution in [2.24, 2.45) is 0 Å². The molecule has 0 spiro atoms. The van der Waals surface area contributed by atoms with Crippen LogP contribution in [0.15, 0.2) is 29.4 Å². The van der Waals surface area contributed by atoms with Crippen LogP contribution >= 0.6 is 23.4 Å². The molecule has 0 atom stereocenters. The van der Waals surface area contributed by atoms with Crippen molar-refractivity contribution in [2.45, 2.75) is 25.6 Å². The molecule has 0 unspecified atom stereocenters. The van der Waals surface area contributed by atoms with Gasteiger partial charge >= 0.3 is 6.61 Å². The molecule has 0 radical (unpaired) electrons. The average molecular weight is 374 g/mol. The SMILES string of the molecule is Cc1cc(C)nc(SCC(=O)Nc2ccc(OC(F)F)c(Cl)c2)n1. The lowest BCUT2D eigenvalue weighted by Gasteiger charge is -2.09. The number of anilines is 1. The van der Waals surface area contributed by atoms with Crippen molar-refractivity contribution in [1.82, 2.24) is 9.97 Å². The van der Waals surface area contributed by atoms with Gasteiger partial charge in [0.05, 0.1) is 10.8 Å². The molecule has 1 heterocycles. The number of carbonyl (C=O) groups excluding carboxylic acids is 1. The third kappa shape index (κ3) is 5.61. The summed E-state index contributed by atoms with van der Waals surface area (Å²) in [6.45, 7) is 0.741. The zero-order valence-electron chi connectivity index (χ0n) is 12.8. The Hall–Kier alpha value is -1.93. The number of alkyl halides is 2. The minimum Gasteiger partial charge on any atom is -0.433 e. The van der Waals surface area contributed by atoms with Crippen LogP contribution in [0.4, 0.5) is 14.5 Å². The molecule has 0 saturated heterocycles. The summed E-state index contributed by atoms with van der Waals surface area (Å²) >= 11 is 7.03. The molecule has 2 aromatic rings. The number of hydrogen-bond donors (Lipinski definition) is 1. The lowest BCUT2D eigenvalue weighted by atomic mass is 10.3. The van der Waals surface area contributed by atoms with Gasteiger partial charge in [0.2, 0.25) is 5.91 Å². The van der Waals surface area contributed by atoms with E-state index in [0.717, 1.165) is 11.4 Å².